The van der Waals surface area contributed by atoms with Crippen molar-refractivity contribution in [3.05, 3.63) is 34.7 Å². The molecule has 8 heteroatoms. The maximum atomic E-state index is 12.0. The van der Waals surface area contributed by atoms with E-state index < -0.39 is 5.60 Å². The van der Waals surface area contributed by atoms with E-state index in [1.807, 2.05) is 17.9 Å². The lowest BCUT2D eigenvalue weighted by Crippen LogP contribution is -2.54. The topological polar surface area (TPSA) is 91.2 Å². The molecule has 1 aliphatic rings. The number of nitrogens with zero attached hydrogens (tertiary/aromatic N) is 4. The predicted molar refractivity (Wildman–Crippen MR) is 87.6 cm³/mol. The van der Waals surface area contributed by atoms with Crippen molar-refractivity contribution >= 4 is 23.1 Å². The first-order valence-corrected chi connectivity index (χ1v) is 8.42. The molecule has 0 bridgehead atoms. The number of β-amino-alcohol motifs (C(OH)–C–C–N with tert-alkyl or cyclic N) is 1. The smallest absolute Gasteiger partial charge is 0.270 e. The van der Waals surface area contributed by atoms with Crippen molar-refractivity contribution in [2.24, 2.45) is 0 Å². The lowest BCUT2D eigenvalue weighted by Gasteiger charge is -2.39. The van der Waals surface area contributed by atoms with Crippen LogP contribution in [0.15, 0.2) is 23.3 Å². The Balaban J connectivity index is 1.63. The molecular formula is C15H19N5O2S. The van der Waals surface area contributed by atoms with Crippen molar-refractivity contribution in [2.45, 2.75) is 25.4 Å². The number of carbonyl (C=O) groups is 1. The van der Waals surface area contributed by atoms with Gasteiger partial charge >= 0.3 is 0 Å². The van der Waals surface area contributed by atoms with Gasteiger partial charge in [-0.3, -0.25) is 4.79 Å². The van der Waals surface area contributed by atoms with Gasteiger partial charge in [0.05, 0.1) is 11.1 Å². The number of hydrogen-bond acceptors (Lipinski definition) is 7. The van der Waals surface area contributed by atoms with Crippen LogP contribution in [0.5, 0.6) is 0 Å². The number of amides is 1. The average molecular weight is 333 g/mol. The Morgan fingerprint density at radius 1 is 1.48 bits per heavy atom. The van der Waals surface area contributed by atoms with Gasteiger partial charge in [-0.1, -0.05) is 0 Å². The minimum atomic E-state index is -0.969. The van der Waals surface area contributed by atoms with E-state index in [2.05, 4.69) is 20.3 Å². The average Bonchev–Trinajstić information content (AvgIpc) is 3.07. The van der Waals surface area contributed by atoms with Gasteiger partial charge in [0, 0.05) is 36.8 Å². The van der Waals surface area contributed by atoms with E-state index >= 15 is 0 Å². The van der Waals surface area contributed by atoms with Gasteiger partial charge in [-0.05, 0) is 19.8 Å². The SMILES string of the molecule is Cc1cc(N2CCC[C@@](O)(CNC(=O)c3cscn3)C2)ncn1. The molecule has 1 aliphatic heterocycles. The minimum absolute atomic E-state index is 0.198. The van der Waals surface area contributed by atoms with Crippen molar-refractivity contribution in [3.8, 4) is 0 Å². The van der Waals surface area contributed by atoms with Gasteiger partial charge in [-0.25, -0.2) is 15.0 Å². The van der Waals surface area contributed by atoms with Gasteiger partial charge < -0.3 is 15.3 Å². The molecule has 0 spiro atoms. The predicted octanol–water partition coefficient (Wildman–Crippen LogP) is 1.00. The number of aliphatic hydroxyl groups is 1. The summed E-state index contributed by atoms with van der Waals surface area (Å²) in [6, 6.07) is 1.90. The number of hydrogen-bond donors (Lipinski definition) is 2. The van der Waals surface area contributed by atoms with Gasteiger partial charge in [0.15, 0.2) is 0 Å². The molecule has 7 nitrogen and oxygen atoms in total. The standard InChI is InChI=1S/C15H19N5O2S/c1-11-5-13(18-9-17-11)20-4-2-3-15(22,8-20)7-16-14(21)12-6-23-10-19-12/h5-6,9-10,22H,2-4,7-8H2,1H3,(H,16,21)/t15-/m1/s1. The molecule has 0 unspecified atom stereocenters. The molecule has 1 saturated heterocycles. The highest BCUT2D eigenvalue weighted by Crippen LogP contribution is 2.24. The summed E-state index contributed by atoms with van der Waals surface area (Å²) in [5.41, 5.74) is 1.92. The summed E-state index contributed by atoms with van der Waals surface area (Å²) in [6.45, 7) is 3.37. The number of piperidine rings is 1. The summed E-state index contributed by atoms with van der Waals surface area (Å²) < 4.78 is 0. The van der Waals surface area contributed by atoms with Crippen molar-refractivity contribution in [2.75, 3.05) is 24.5 Å². The zero-order chi connectivity index (χ0) is 16.3. The van der Waals surface area contributed by atoms with E-state index in [1.54, 1.807) is 10.9 Å². The van der Waals surface area contributed by atoms with Gasteiger partial charge in [0.2, 0.25) is 0 Å². The molecule has 1 fully saturated rings. The van der Waals surface area contributed by atoms with Crippen LogP contribution in [0.3, 0.4) is 0 Å². The molecule has 2 aromatic heterocycles. The minimum Gasteiger partial charge on any atom is -0.386 e. The summed E-state index contributed by atoms with van der Waals surface area (Å²) in [7, 11) is 0. The zero-order valence-electron chi connectivity index (χ0n) is 12.9. The van der Waals surface area contributed by atoms with E-state index in [0.717, 1.165) is 24.5 Å². The van der Waals surface area contributed by atoms with Crippen molar-refractivity contribution in [3.63, 3.8) is 0 Å². The second-order valence-electron chi connectivity index (χ2n) is 5.82. The summed E-state index contributed by atoms with van der Waals surface area (Å²) in [5, 5.41) is 15.3. The number of carbonyl (C=O) groups excluding carboxylic acids is 1. The van der Waals surface area contributed by atoms with Gasteiger partial charge in [-0.2, -0.15) is 0 Å². The number of rotatable bonds is 4. The Morgan fingerprint density at radius 3 is 3.09 bits per heavy atom. The Morgan fingerprint density at radius 2 is 2.35 bits per heavy atom. The molecule has 2 aromatic rings. The Hall–Kier alpha value is -2.06. The number of nitrogens with one attached hydrogen (secondary N) is 1. The molecule has 1 amide bonds. The summed E-state index contributed by atoms with van der Waals surface area (Å²) in [6.07, 6.45) is 3.01. The largest absolute Gasteiger partial charge is 0.386 e. The third kappa shape index (κ3) is 3.83. The number of aryl methyl sites for hydroxylation is 1. The second-order valence-corrected chi connectivity index (χ2v) is 6.54. The zero-order valence-corrected chi connectivity index (χ0v) is 13.7. The number of anilines is 1. The molecule has 23 heavy (non-hydrogen) atoms. The molecule has 0 saturated carbocycles. The number of aromatic nitrogens is 3. The first-order valence-electron chi connectivity index (χ1n) is 7.48. The molecular weight excluding hydrogens is 314 g/mol. The lowest BCUT2D eigenvalue weighted by atomic mass is 9.92. The highest BCUT2D eigenvalue weighted by atomic mass is 32.1. The molecule has 1 atom stereocenters. The summed E-state index contributed by atoms with van der Waals surface area (Å²) >= 11 is 1.37. The molecule has 0 radical (unpaired) electrons. The Labute approximate surface area is 138 Å². The van der Waals surface area contributed by atoms with Crippen LogP contribution in [0.2, 0.25) is 0 Å². The quantitative estimate of drug-likeness (QED) is 0.867. The fourth-order valence-electron chi connectivity index (χ4n) is 2.73. The molecule has 2 N–H and O–H groups in total. The first-order chi connectivity index (χ1) is 11.1. The molecule has 122 valence electrons. The van der Waals surface area contributed by atoms with Crippen LogP contribution < -0.4 is 10.2 Å². The fourth-order valence-corrected chi connectivity index (χ4v) is 3.26. The highest BCUT2D eigenvalue weighted by Gasteiger charge is 2.34. The fraction of sp³-hybridized carbons (Fsp3) is 0.467. The van der Waals surface area contributed by atoms with Gasteiger partial charge in [0.1, 0.15) is 17.8 Å². The maximum absolute atomic E-state index is 12.0. The normalized spacial score (nSPS) is 21.2. The maximum Gasteiger partial charge on any atom is 0.270 e. The van der Waals surface area contributed by atoms with Crippen LogP contribution in [-0.4, -0.2) is 51.2 Å². The van der Waals surface area contributed by atoms with Crippen LogP contribution in [0.1, 0.15) is 29.0 Å². The van der Waals surface area contributed by atoms with E-state index in [-0.39, 0.29) is 12.5 Å². The van der Waals surface area contributed by atoms with E-state index in [1.165, 1.54) is 17.7 Å². The van der Waals surface area contributed by atoms with Crippen LogP contribution in [0.4, 0.5) is 5.82 Å². The van der Waals surface area contributed by atoms with Gasteiger partial charge in [-0.15, -0.1) is 11.3 Å². The van der Waals surface area contributed by atoms with Gasteiger partial charge in [0.25, 0.3) is 5.91 Å². The molecule has 0 aliphatic carbocycles. The molecule has 0 aromatic carbocycles. The van der Waals surface area contributed by atoms with E-state index in [0.29, 0.717) is 18.7 Å². The Bertz CT molecular complexity index is 678. The third-order valence-electron chi connectivity index (χ3n) is 3.91. The molecule has 3 heterocycles. The van der Waals surface area contributed by atoms with Crippen LogP contribution in [-0.2, 0) is 0 Å². The lowest BCUT2D eigenvalue weighted by molar-refractivity contribution is 0.0254. The monoisotopic (exact) mass is 333 g/mol. The highest BCUT2D eigenvalue weighted by molar-refractivity contribution is 7.07. The number of thiazole rings is 1. The molecule has 3 rings (SSSR count). The Kier molecular flexibility index (Phi) is 4.53. The van der Waals surface area contributed by atoms with Crippen LogP contribution >= 0.6 is 11.3 Å². The van der Waals surface area contributed by atoms with Crippen molar-refractivity contribution < 1.29 is 9.90 Å². The van der Waals surface area contributed by atoms with Crippen LogP contribution in [0, 0.1) is 6.92 Å². The third-order valence-corrected chi connectivity index (χ3v) is 4.50. The summed E-state index contributed by atoms with van der Waals surface area (Å²) in [4.78, 5) is 26.4. The second kappa shape index (κ2) is 6.59. The van der Waals surface area contributed by atoms with E-state index in [4.69, 9.17) is 0 Å². The first kappa shape index (κ1) is 15.8. The van der Waals surface area contributed by atoms with E-state index in [9.17, 15) is 9.90 Å². The van der Waals surface area contributed by atoms with Crippen molar-refractivity contribution in [1.82, 2.24) is 20.3 Å². The van der Waals surface area contributed by atoms with Crippen LogP contribution in [0.25, 0.3) is 0 Å². The summed E-state index contributed by atoms with van der Waals surface area (Å²) in [5.74, 6) is 0.552. The van der Waals surface area contributed by atoms with Crippen molar-refractivity contribution in [1.29, 1.82) is 0 Å².